The third-order valence-electron chi connectivity index (χ3n) is 3.91. The molecule has 1 saturated heterocycles. The van der Waals surface area contributed by atoms with Crippen LogP contribution in [0.1, 0.15) is 31.7 Å². The van der Waals surface area contributed by atoms with Gasteiger partial charge in [0.05, 0.1) is 6.61 Å². The van der Waals surface area contributed by atoms with E-state index in [9.17, 15) is 4.39 Å². The fraction of sp³-hybridized carbons (Fsp3) is 0.688. The van der Waals surface area contributed by atoms with E-state index in [1.807, 2.05) is 0 Å². The average Bonchev–Trinajstić information content (AvgIpc) is 2.50. The molecule has 1 aliphatic heterocycles. The van der Waals surface area contributed by atoms with E-state index < -0.39 is 0 Å². The van der Waals surface area contributed by atoms with Crippen molar-refractivity contribution in [1.29, 1.82) is 0 Å². The van der Waals surface area contributed by atoms with Crippen LogP contribution in [-0.2, 0) is 11.3 Å². The molecule has 5 heteroatoms. The SMILES string of the molecule is CCCNCc1ccnc(N2CCCC(COC)C2)c1F. The van der Waals surface area contributed by atoms with Crippen molar-refractivity contribution >= 4 is 5.82 Å². The van der Waals surface area contributed by atoms with E-state index in [1.54, 1.807) is 19.4 Å². The minimum absolute atomic E-state index is 0.181. The van der Waals surface area contributed by atoms with E-state index in [4.69, 9.17) is 4.74 Å². The lowest BCUT2D eigenvalue weighted by atomic mass is 9.99. The van der Waals surface area contributed by atoms with E-state index in [-0.39, 0.29) is 5.82 Å². The minimum Gasteiger partial charge on any atom is -0.384 e. The van der Waals surface area contributed by atoms with Crippen molar-refractivity contribution in [3.8, 4) is 0 Å². The molecule has 0 aliphatic carbocycles. The smallest absolute Gasteiger partial charge is 0.170 e. The first kappa shape index (κ1) is 16.2. The predicted octanol–water partition coefficient (Wildman–Crippen LogP) is 2.58. The van der Waals surface area contributed by atoms with Crippen molar-refractivity contribution < 1.29 is 9.13 Å². The molecule has 1 atom stereocenters. The van der Waals surface area contributed by atoms with E-state index in [1.165, 1.54) is 0 Å². The van der Waals surface area contributed by atoms with Crippen LogP contribution < -0.4 is 10.2 Å². The highest BCUT2D eigenvalue weighted by atomic mass is 19.1. The van der Waals surface area contributed by atoms with Gasteiger partial charge in [0.1, 0.15) is 0 Å². The van der Waals surface area contributed by atoms with E-state index in [2.05, 4.69) is 22.1 Å². The van der Waals surface area contributed by atoms with Gasteiger partial charge in [0.2, 0.25) is 0 Å². The number of aromatic nitrogens is 1. The normalized spacial score (nSPS) is 19.0. The first-order valence-electron chi connectivity index (χ1n) is 7.84. The molecule has 0 aromatic carbocycles. The second-order valence-corrected chi connectivity index (χ2v) is 5.69. The Balaban J connectivity index is 2.06. The van der Waals surface area contributed by atoms with Crippen LogP contribution in [0.3, 0.4) is 0 Å². The molecule has 118 valence electrons. The number of methoxy groups -OCH3 is 1. The van der Waals surface area contributed by atoms with Crippen LogP contribution in [0.5, 0.6) is 0 Å². The fourth-order valence-corrected chi connectivity index (χ4v) is 2.86. The second kappa shape index (κ2) is 8.29. The van der Waals surface area contributed by atoms with Gasteiger partial charge in [0.15, 0.2) is 11.6 Å². The Morgan fingerprint density at radius 2 is 2.38 bits per heavy atom. The highest BCUT2D eigenvalue weighted by Gasteiger charge is 2.23. The molecule has 0 bridgehead atoms. The number of nitrogens with zero attached hydrogens (tertiary/aromatic N) is 2. The summed E-state index contributed by atoms with van der Waals surface area (Å²) >= 11 is 0. The summed E-state index contributed by atoms with van der Waals surface area (Å²) in [6.45, 7) is 5.99. The van der Waals surface area contributed by atoms with E-state index in [0.29, 0.717) is 23.8 Å². The Labute approximate surface area is 126 Å². The van der Waals surface area contributed by atoms with Gasteiger partial charge in [-0.05, 0) is 37.8 Å². The first-order chi connectivity index (χ1) is 10.3. The number of piperidine rings is 1. The summed E-state index contributed by atoms with van der Waals surface area (Å²) < 4.78 is 19.9. The molecule has 1 fully saturated rings. The summed E-state index contributed by atoms with van der Waals surface area (Å²) in [7, 11) is 1.72. The molecular weight excluding hydrogens is 269 g/mol. The lowest BCUT2D eigenvalue weighted by Crippen LogP contribution is -2.38. The van der Waals surface area contributed by atoms with Gasteiger partial charge in [-0.3, -0.25) is 0 Å². The molecule has 1 aliphatic rings. The van der Waals surface area contributed by atoms with Crippen LogP contribution >= 0.6 is 0 Å². The lowest BCUT2D eigenvalue weighted by molar-refractivity contribution is 0.143. The molecule has 0 spiro atoms. The van der Waals surface area contributed by atoms with Crippen LogP contribution in [-0.4, -0.2) is 38.3 Å². The van der Waals surface area contributed by atoms with E-state index >= 15 is 0 Å². The van der Waals surface area contributed by atoms with Crippen molar-refractivity contribution in [3.05, 3.63) is 23.6 Å². The summed E-state index contributed by atoms with van der Waals surface area (Å²) in [5.74, 6) is 0.776. The highest BCUT2D eigenvalue weighted by molar-refractivity contribution is 5.43. The lowest BCUT2D eigenvalue weighted by Gasteiger charge is -2.33. The molecule has 2 heterocycles. The van der Waals surface area contributed by atoms with Gasteiger partial charge in [-0.25, -0.2) is 9.37 Å². The van der Waals surface area contributed by atoms with Gasteiger partial charge < -0.3 is 15.0 Å². The second-order valence-electron chi connectivity index (χ2n) is 5.69. The average molecular weight is 295 g/mol. The van der Waals surface area contributed by atoms with E-state index in [0.717, 1.165) is 45.5 Å². The maximum atomic E-state index is 14.6. The Morgan fingerprint density at radius 1 is 1.52 bits per heavy atom. The molecule has 0 radical (unpaired) electrons. The van der Waals surface area contributed by atoms with Gasteiger partial charge in [-0.15, -0.1) is 0 Å². The molecule has 0 saturated carbocycles. The standard InChI is InChI=1S/C16H26FN3O/c1-3-7-18-10-14-6-8-19-16(15(14)17)20-9-4-5-13(11-20)12-21-2/h6,8,13,18H,3-5,7,9-12H2,1-2H3. The predicted molar refractivity (Wildman–Crippen MR) is 83.0 cm³/mol. The number of rotatable bonds is 7. The fourth-order valence-electron chi connectivity index (χ4n) is 2.86. The van der Waals surface area contributed by atoms with Crippen LogP contribution in [0.25, 0.3) is 0 Å². The third kappa shape index (κ3) is 4.38. The summed E-state index contributed by atoms with van der Waals surface area (Å²) in [6.07, 6.45) is 4.96. The summed E-state index contributed by atoms with van der Waals surface area (Å²) in [5, 5.41) is 3.25. The first-order valence-corrected chi connectivity index (χ1v) is 7.84. The minimum atomic E-state index is -0.181. The number of ether oxygens (including phenoxy) is 1. The van der Waals surface area contributed by atoms with Crippen LogP contribution in [0, 0.1) is 11.7 Å². The van der Waals surface area contributed by atoms with Crippen molar-refractivity contribution in [2.24, 2.45) is 5.92 Å². The summed E-state index contributed by atoms with van der Waals surface area (Å²) in [5.41, 5.74) is 0.697. The van der Waals surface area contributed by atoms with Gasteiger partial charge in [0.25, 0.3) is 0 Å². The molecular formula is C16H26FN3O. The van der Waals surface area contributed by atoms with Crippen LogP contribution in [0.4, 0.5) is 10.2 Å². The Hall–Kier alpha value is -1.20. The van der Waals surface area contributed by atoms with Crippen molar-refractivity contribution in [2.45, 2.75) is 32.7 Å². The van der Waals surface area contributed by atoms with Crippen LogP contribution in [0.2, 0.25) is 0 Å². The largest absolute Gasteiger partial charge is 0.384 e. The van der Waals surface area contributed by atoms with Gasteiger partial charge >= 0.3 is 0 Å². The van der Waals surface area contributed by atoms with Gasteiger partial charge in [0, 0.05) is 38.5 Å². The van der Waals surface area contributed by atoms with Crippen molar-refractivity contribution in [1.82, 2.24) is 10.3 Å². The molecule has 21 heavy (non-hydrogen) atoms. The number of hydrogen-bond acceptors (Lipinski definition) is 4. The Kier molecular flexibility index (Phi) is 6.39. The molecule has 1 aromatic heterocycles. The topological polar surface area (TPSA) is 37.4 Å². The third-order valence-corrected chi connectivity index (χ3v) is 3.91. The summed E-state index contributed by atoms with van der Waals surface area (Å²) in [4.78, 5) is 6.33. The maximum Gasteiger partial charge on any atom is 0.170 e. The maximum absolute atomic E-state index is 14.6. The number of halogens is 1. The molecule has 4 nitrogen and oxygen atoms in total. The number of nitrogens with one attached hydrogen (secondary N) is 1. The Morgan fingerprint density at radius 3 is 3.14 bits per heavy atom. The summed E-state index contributed by atoms with van der Waals surface area (Å²) in [6, 6.07) is 1.76. The van der Waals surface area contributed by atoms with Crippen molar-refractivity contribution in [3.63, 3.8) is 0 Å². The van der Waals surface area contributed by atoms with Crippen molar-refractivity contribution in [2.75, 3.05) is 38.3 Å². The number of anilines is 1. The molecule has 1 aromatic rings. The highest BCUT2D eigenvalue weighted by Crippen LogP contribution is 2.25. The zero-order chi connectivity index (χ0) is 15.1. The molecule has 0 amide bonds. The van der Waals surface area contributed by atoms with Gasteiger partial charge in [-0.2, -0.15) is 0 Å². The molecule has 1 unspecified atom stereocenters. The number of hydrogen-bond donors (Lipinski definition) is 1. The quantitative estimate of drug-likeness (QED) is 0.785. The molecule has 1 N–H and O–H groups in total. The zero-order valence-electron chi connectivity index (χ0n) is 13.1. The molecule has 2 rings (SSSR count). The zero-order valence-corrected chi connectivity index (χ0v) is 13.1. The number of pyridine rings is 1. The van der Waals surface area contributed by atoms with Gasteiger partial charge in [-0.1, -0.05) is 6.92 Å². The Bertz CT molecular complexity index is 440. The van der Waals surface area contributed by atoms with Crippen LogP contribution in [0.15, 0.2) is 12.3 Å². The monoisotopic (exact) mass is 295 g/mol.